The first-order chi connectivity index (χ1) is 28.6. The van der Waals surface area contributed by atoms with E-state index in [0.29, 0.717) is 33.8 Å². The predicted molar refractivity (Wildman–Crippen MR) is 237 cm³/mol. The minimum Gasteiger partial charge on any atom is -0.778 e. The summed E-state index contributed by atoms with van der Waals surface area (Å²) in [4.78, 5) is 47.7. The molecule has 5 aromatic rings. The maximum atomic E-state index is 12.7. The van der Waals surface area contributed by atoms with Crippen LogP contribution in [0.1, 0.15) is 32.2 Å². The zero-order valence-electron chi connectivity index (χ0n) is 34.5. The quantitative estimate of drug-likeness (QED) is 0.0752. The second-order valence-electron chi connectivity index (χ2n) is 13.5. The third-order valence-corrected chi connectivity index (χ3v) is 9.88. The number of terminal acetylenes is 1. The molecule has 0 saturated carbocycles. The van der Waals surface area contributed by atoms with Gasteiger partial charge in [0.1, 0.15) is 20.0 Å². The molecule has 1 unspecified atom stereocenters. The Balaban J connectivity index is 0.000000331. The Bertz CT molecular complexity index is 2600. The summed E-state index contributed by atoms with van der Waals surface area (Å²) in [6.45, 7) is 6.93. The van der Waals surface area contributed by atoms with E-state index in [2.05, 4.69) is 49.6 Å². The molecule has 4 N–H and O–H groups in total. The molecule has 3 heterocycles. The maximum absolute atomic E-state index is 12.7. The Labute approximate surface area is 379 Å². The lowest BCUT2D eigenvalue weighted by Crippen LogP contribution is -2.25. The number of halogens is 4. The molecule has 1 atom stereocenters. The summed E-state index contributed by atoms with van der Waals surface area (Å²) >= 11 is 24.4. The molecule has 0 amide bonds. The number of carboxylic acid groups (broad SMARTS) is 1. The van der Waals surface area contributed by atoms with Crippen molar-refractivity contribution < 1.29 is 51.3 Å². The average molecular weight is 1000 g/mol. The monoisotopic (exact) mass is 1000 g/mol. The first kappa shape index (κ1) is 53.9. The van der Waals surface area contributed by atoms with Crippen LogP contribution < -0.4 is 34.9 Å². The lowest BCUT2D eigenvalue weighted by Gasteiger charge is -2.14. The van der Waals surface area contributed by atoms with Gasteiger partial charge in [0.05, 0.1) is 83.3 Å². The van der Waals surface area contributed by atoms with Crippen molar-refractivity contribution in [3.8, 4) is 35.5 Å². The molecular formula is C35H43Cl4N8O12PS2. The highest BCUT2D eigenvalue weighted by atomic mass is 35.5. The highest BCUT2D eigenvalue weighted by Gasteiger charge is 2.26. The largest absolute Gasteiger partial charge is 0.778 e. The number of rotatable bonds is 12. The number of aliphatic carboxylic acids is 1. The number of aromatic nitrogens is 6. The Morgan fingerprint density at radius 3 is 2.19 bits per heavy atom. The fourth-order valence-electron chi connectivity index (χ4n) is 4.05. The van der Waals surface area contributed by atoms with Gasteiger partial charge in [-0.05, 0) is 35.5 Å². The highest BCUT2D eigenvalue weighted by molar-refractivity contribution is 7.94. The predicted octanol–water partition coefficient (Wildman–Crippen LogP) is 4.66. The summed E-state index contributed by atoms with van der Waals surface area (Å²) in [7, 11) is -5.08. The molecule has 340 valence electrons. The fourth-order valence-corrected chi connectivity index (χ4v) is 6.50. The van der Waals surface area contributed by atoms with Crippen LogP contribution in [0.5, 0.6) is 17.5 Å². The molecule has 20 nitrogen and oxygen atoms in total. The van der Waals surface area contributed by atoms with E-state index in [-0.39, 0.29) is 49.9 Å². The molecule has 0 spiro atoms. The first-order valence-corrected chi connectivity index (χ1v) is 24.3. The molecule has 0 aliphatic carbocycles. The van der Waals surface area contributed by atoms with Crippen molar-refractivity contribution in [2.24, 2.45) is 0 Å². The van der Waals surface area contributed by atoms with Crippen LogP contribution in [0, 0.1) is 19.3 Å². The summed E-state index contributed by atoms with van der Waals surface area (Å²) in [6, 6.07) is 7.61. The van der Waals surface area contributed by atoms with Crippen LogP contribution in [0.25, 0.3) is 11.5 Å². The van der Waals surface area contributed by atoms with Crippen molar-refractivity contribution in [3.63, 3.8) is 0 Å². The second-order valence-corrected chi connectivity index (χ2v) is 20.7. The number of hydrogen-bond donors (Lipinski definition) is 4. The zero-order valence-corrected chi connectivity index (χ0v) is 40.1. The molecule has 0 aliphatic heterocycles. The number of nitrogens with one attached hydrogen (secondary N) is 2. The Hall–Kier alpha value is -4.27. The molecule has 62 heavy (non-hydrogen) atoms. The van der Waals surface area contributed by atoms with Gasteiger partial charge in [0.15, 0.2) is 0 Å². The van der Waals surface area contributed by atoms with Crippen molar-refractivity contribution >= 4 is 92.4 Å². The van der Waals surface area contributed by atoms with Gasteiger partial charge < -0.3 is 38.1 Å². The van der Waals surface area contributed by atoms with E-state index in [1.165, 1.54) is 38.5 Å². The maximum Gasteiger partial charge on any atom is 0.442 e. The van der Waals surface area contributed by atoms with Crippen molar-refractivity contribution in [1.82, 2.24) is 34.7 Å². The third kappa shape index (κ3) is 16.5. The van der Waals surface area contributed by atoms with Crippen molar-refractivity contribution in [2.75, 3.05) is 57.1 Å². The third-order valence-electron chi connectivity index (χ3n) is 6.73. The number of nitrogens with zero attached hydrogens (tertiary/aromatic N) is 6. The van der Waals surface area contributed by atoms with E-state index >= 15 is 0 Å². The molecular weight excluding hydrogens is 961 g/mol. The van der Waals surface area contributed by atoms with Crippen molar-refractivity contribution in [1.29, 1.82) is 0 Å². The van der Waals surface area contributed by atoms with Crippen LogP contribution in [0.4, 0.5) is 5.69 Å². The number of ether oxygens (including phenoxy) is 3. The normalized spacial score (nSPS) is 12.0. The fraction of sp³-hybridized carbons (Fsp3) is 0.371. The molecule has 5 rings (SSSR count). The van der Waals surface area contributed by atoms with Crippen LogP contribution in [0.15, 0.2) is 44.7 Å². The summed E-state index contributed by atoms with van der Waals surface area (Å²) in [5.41, 5.74) is 0.600. The van der Waals surface area contributed by atoms with Crippen LogP contribution in [0.2, 0.25) is 20.1 Å². The molecule has 3 aromatic heterocycles. The van der Waals surface area contributed by atoms with Crippen LogP contribution in [-0.4, -0.2) is 106 Å². The lowest BCUT2D eigenvalue weighted by atomic mass is 9.97. The Kier molecular flexibility index (Phi) is 20.4. The van der Waals surface area contributed by atoms with Gasteiger partial charge >= 0.3 is 11.7 Å². The van der Waals surface area contributed by atoms with Crippen molar-refractivity contribution in [2.45, 2.75) is 38.3 Å². The Morgan fingerprint density at radius 1 is 1.05 bits per heavy atom. The van der Waals surface area contributed by atoms with E-state index < -0.39 is 52.7 Å². The molecule has 0 aliphatic rings. The number of fused-ring (bicyclic) bond motifs is 1. The van der Waals surface area contributed by atoms with Crippen molar-refractivity contribution in [3.05, 3.63) is 72.4 Å². The number of carboxylic acids is 1. The minimum absolute atomic E-state index is 0.0111. The van der Waals surface area contributed by atoms with Crippen LogP contribution >= 0.6 is 54.0 Å². The van der Waals surface area contributed by atoms with E-state index in [1.807, 2.05) is 26.1 Å². The molecule has 0 radical (unpaired) electrons. The van der Waals surface area contributed by atoms with Gasteiger partial charge in [0, 0.05) is 11.5 Å². The smallest absolute Gasteiger partial charge is 0.442 e. The van der Waals surface area contributed by atoms with E-state index in [4.69, 9.17) is 81.5 Å². The zero-order chi connectivity index (χ0) is 47.3. The molecule has 0 fully saturated rings. The molecule has 2 aromatic carbocycles. The average Bonchev–Trinajstić information content (AvgIpc) is 3.78. The van der Waals surface area contributed by atoms with Gasteiger partial charge in [-0.15, -0.1) is 16.6 Å². The molecule has 0 saturated heterocycles. The van der Waals surface area contributed by atoms with E-state index in [9.17, 15) is 27.5 Å². The number of carbonyl (C=O) groups is 1. The van der Waals surface area contributed by atoms with E-state index in [0.717, 1.165) is 9.20 Å². The molecule has 0 bridgehead atoms. The lowest BCUT2D eigenvalue weighted by molar-refractivity contribution is -0.193. The number of anilines is 1. The van der Waals surface area contributed by atoms with Gasteiger partial charge in [0.25, 0.3) is 21.0 Å². The summed E-state index contributed by atoms with van der Waals surface area (Å²) in [5, 5.41) is 18.4. The van der Waals surface area contributed by atoms with Gasteiger partial charge in [-0.25, -0.2) is 4.79 Å². The standard InChI is InChI=1S/C15H14Cl2N2O3.C14H13Cl2N5O4S.C3H8NO5P.C3H9S/c1-5-6-21-12-8-11(9(16)7-10(12)17)19-14(20)22-13(18-19)15(2,3)4;1-7-4-5-8(15)12(11(7)16)20-26(22,23)14-18-13-17-9(24-2)6-10(25-3)21(13)19-14;5-3(6)1-4-2-10(7,8)9;1-4(2)3/h1,7-8H,6H2,2-4H3;4-6,20H,1-3H3;4H,1-2H2,(H,5,6)(H2,7,8,9);1-3H3/q;;;+1/p-1. The Morgan fingerprint density at radius 2 is 1.68 bits per heavy atom. The van der Waals surface area contributed by atoms with Gasteiger partial charge in [-0.3, -0.25) is 14.8 Å². The van der Waals surface area contributed by atoms with Gasteiger partial charge in [0.2, 0.25) is 17.7 Å². The van der Waals surface area contributed by atoms with Crippen LogP contribution in [-0.2, 0) is 35.7 Å². The summed E-state index contributed by atoms with van der Waals surface area (Å²) in [6.07, 6.45) is 11.0. The van der Waals surface area contributed by atoms with Crippen LogP contribution in [0.3, 0.4) is 0 Å². The number of benzene rings is 2. The highest BCUT2D eigenvalue weighted by Crippen LogP contribution is 2.35. The number of aryl methyl sites for hydroxylation is 1. The minimum atomic E-state index is -4.35. The number of sulfonamides is 1. The van der Waals surface area contributed by atoms with E-state index in [1.54, 1.807) is 13.0 Å². The topological polar surface area (TPSA) is 275 Å². The first-order valence-electron chi connectivity index (χ1n) is 17.1. The number of hydrogen-bond acceptors (Lipinski definition) is 15. The summed E-state index contributed by atoms with van der Waals surface area (Å²) in [5.74, 6) is 1.52. The number of methoxy groups -OCH3 is 2. The molecule has 27 heteroatoms. The second kappa shape index (κ2) is 23.4. The van der Waals surface area contributed by atoms with Gasteiger partial charge in [-0.1, -0.05) is 79.2 Å². The SMILES string of the molecule is C#CCOc1cc(-n2nc(C(C)(C)C)oc2=O)c(Cl)cc1Cl.COc1cc(OC)n2nc(S(=O)(=O)Nc3c(Cl)ccc(C)c3Cl)nc2n1.C[S+](C)C.O=C(O)CNCP(=O)([O-])O. The summed E-state index contributed by atoms with van der Waals surface area (Å²) < 4.78 is 60.5. The van der Waals surface area contributed by atoms with Gasteiger partial charge in [-0.2, -0.15) is 27.6 Å².